The number of nitrogens with one attached hydrogen (secondary N) is 1. The molecular weight excluding hydrogens is 290 g/mol. The lowest BCUT2D eigenvalue weighted by molar-refractivity contribution is 0.214. The molecule has 2 aliphatic heterocycles. The third-order valence-electron chi connectivity index (χ3n) is 4.21. The van der Waals surface area contributed by atoms with Crippen molar-refractivity contribution in [3.63, 3.8) is 0 Å². The van der Waals surface area contributed by atoms with E-state index in [9.17, 15) is 10.2 Å². The lowest BCUT2D eigenvalue weighted by atomic mass is 9.78. The van der Waals surface area contributed by atoms with Gasteiger partial charge >= 0.3 is 0 Å². The lowest BCUT2D eigenvalue weighted by Crippen LogP contribution is -2.46. The molecule has 2 atom stereocenters. The number of benzene rings is 2. The van der Waals surface area contributed by atoms with Gasteiger partial charge in [0.1, 0.15) is 12.4 Å². The Kier molecular flexibility index (Phi) is 3.43. The van der Waals surface area contributed by atoms with Crippen molar-refractivity contribution >= 4 is 12.4 Å². The molecule has 0 bridgehead atoms. The third kappa shape index (κ3) is 2.11. The van der Waals surface area contributed by atoms with E-state index in [0.717, 1.165) is 12.1 Å². The van der Waals surface area contributed by atoms with Gasteiger partial charge in [-0.2, -0.15) is 0 Å². The molecule has 4 rings (SSSR count). The van der Waals surface area contributed by atoms with E-state index in [2.05, 4.69) is 17.4 Å². The fourth-order valence-electron chi connectivity index (χ4n) is 3.24. The molecule has 0 spiro atoms. The lowest BCUT2D eigenvalue weighted by Gasteiger charge is -2.39. The van der Waals surface area contributed by atoms with Gasteiger partial charge in [-0.15, -0.1) is 12.4 Å². The quantitative estimate of drug-likeness (QED) is 0.655. The SMILES string of the molecule is Cl.Oc1cc2c(cc1O)[C@@H]1c3ccccc3CN[C@H]1CO2. The maximum absolute atomic E-state index is 9.79. The minimum absolute atomic E-state index is 0. The van der Waals surface area contributed by atoms with E-state index >= 15 is 0 Å². The minimum Gasteiger partial charge on any atom is -0.504 e. The predicted octanol–water partition coefficient (Wildman–Crippen LogP) is 2.52. The van der Waals surface area contributed by atoms with Crippen molar-refractivity contribution < 1.29 is 14.9 Å². The van der Waals surface area contributed by atoms with E-state index in [1.807, 2.05) is 12.1 Å². The maximum Gasteiger partial charge on any atom is 0.161 e. The van der Waals surface area contributed by atoms with Crippen molar-refractivity contribution in [1.29, 1.82) is 0 Å². The molecule has 5 heteroatoms. The number of halogens is 1. The molecule has 2 heterocycles. The molecule has 0 fully saturated rings. The Balaban J connectivity index is 0.00000132. The van der Waals surface area contributed by atoms with Crippen molar-refractivity contribution in [2.75, 3.05) is 6.61 Å². The summed E-state index contributed by atoms with van der Waals surface area (Å²) in [6.07, 6.45) is 0. The highest BCUT2D eigenvalue weighted by Gasteiger charge is 2.36. The molecule has 2 aliphatic rings. The van der Waals surface area contributed by atoms with Crippen molar-refractivity contribution in [3.8, 4) is 17.2 Å². The zero-order valence-electron chi connectivity index (χ0n) is 11.2. The van der Waals surface area contributed by atoms with Crippen LogP contribution in [0, 0.1) is 0 Å². The number of ether oxygens (including phenoxy) is 1. The summed E-state index contributed by atoms with van der Waals surface area (Å²) in [7, 11) is 0. The van der Waals surface area contributed by atoms with Gasteiger partial charge < -0.3 is 20.3 Å². The molecule has 0 aliphatic carbocycles. The molecule has 21 heavy (non-hydrogen) atoms. The molecular formula is C16H16ClNO3. The number of rotatable bonds is 0. The summed E-state index contributed by atoms with van der Waals surface area (Å²) in [5.74, 6) is 0.561. The monoisotopic (exact) mass is 305 g/mol. The van der Waals surface area contributed by atoms with Crippen LogP contribution in [-0.4, -0.2) is 22.9 Å². The molecule has 2 aromatic carbocycles. The Bertz CT molecular complexity index is 689. The van der Waals surface area contributed by atoms with Crippen molar-refractivity contribution in [1.82, 2.24) is 5.32 Å². The predicted molar refractivity (Wildman–Crippen MR) is 81.4 cm³/mol. The average Bonchev–Trinajstić information content (AvgIpc) is 2.48. The maximum atomic E-state index is 9.79. The molecule has 2 aromatic rings. The summed E-state index contributed by atoms with van der Waals surface area (Å²) in [5.41, 5.74) is 3.47. The normalized spacial score (nSPS) is 22.1. The minimum atomic E-state index is -0.140. The highest BCUT2D eigenvalue weighted by molar-refractivity contribution is 5.85. The van der Waals surface area contributed by atoms with Crippen molar-refractivity contribution in [3.05, 3.63) is 53.1 Å². The fraction of sp³-hybridized carbons (Fsp3) is 0.250. The second kappa shape index (κ2) is 5.13. The molecule has 0 unspecified atom stereocenters. The van der Waals surface area contributed by atoms with E-state index in [-0.39, 0.29) is 35.9 Å². The van der Waals surface area contributed by atoms with Gasteiger partial charge in [0.2, 0.25) is 0 Å². The number of fused-ring (bicyclic) bond motifs is 5. The van der Waals surface area contributed by atoms with Crippen LogP contribution < -0.4 is 10.1 Å². The fourth-order valence-corrected chi connectivity index (χ4v) is 3.24. The topological polar surface area (TPSA) is 61.7 Å². The van der Waals surface area contributed by atoms with Crippen LogP contribution in [0.4, 0.5) is 0 Å². The van der Waals surface area contributed by atoms with E-state index in [1.54, 1.807) is 6.07 Å². The molecule has 0 aromatic heterocycles. The first-order chi connectivity index (χ1) is 9.74. The van der Waals surface area contributed by atoms with Crippen molar-refractivity contribution in [2.24, 2.45) is 0 Å². The summed E-state index contributed by atoms with van der Waals surface area (Å²) in [6.45, 7) is 1.40. The molecule has 3 N–H and O–H groups in total. The molecule has 0 saturated heterocycles. The van der Waals surface area contributed by atoms with Crippen LogP contribution in [0.2, 0.25) is 0 Å². The summed E-state index contributed by atoms with van der Waals surface area (Å²) in [5, 5.41) is 22.9. The Labute approximate surface area is 128 Å². The molecule has 4 nitrogen and oxygen atoms in total. The Morgan fingerprint density at radius 2 is 1.81 bits per heavy atom. The Morgan fingerprint density at radius 3 is 2.67 bits per heavy atom. The van der Waals surface area contributed by atoms with Gasteiger partial charge in [-0.25, -0.2) is 0 Å². The van der Waals surface area contributed by atoms with E-state index in [1.165, 1.54) is 17.2 Å². The van der Waals surface area contributed by atoms with E-state index in [4.69, 9.17) is 4.74 Å². The zero-order chi connectivity index (χ0) is 13.7. The standard InChI is InChI=1S/C16H15NO3.ClH/c18-13-5-11-15(6-14(13)19)20-8-12-16(11)10-4-2-1-3-9(10)7-17-12;/h1-6,12,16-19H,7-8H2;1H/t12-,16-;/m0./s1. The first-order valence-electron chi connectivity index (χ1n) is 6.74. The van der Waals surface area contributed by atoms with Crippen LogP contribution in [-0.2, 0) is 6.54 Å². The van der Waals surface area contributed by atoms with Gasteiger partial charge in [-0.05, 0) is 17.2 Å². The second-order valence-corrected chi connectivity index (χ2v) is 5.35. The Morgan fingerprint density at radius 1 is 1.05 bits per heavy atom. The van der Waals surface area contributed by atoms with Crippen LogP contribution >= 0.6 is 12.4 Å². The van der Waals surface area contributed by atoms with Gasteiger partial charge in [0.15, 0.2) is 11.5 Å². The summed E-state index contributed by atoms with van der Waals surface area (Å²) < 4.78 is 5.71. The molecule has 0 amide bonds. The molecule has 110 valence electrons. The van der Waals surface area contributed by atoms with Crippen LogP contribution in [0.15, 0.2) is 36.4 Å². The Hall–Kier alpha value is -1.91. The van der Waals surface area contributed by atoms with Gasteiger partial charge in [0.25, 0.3) is 0 Å². The van der Waals surface area contributed by atoms with E-state index < -0.39 is 0 Å². The second-order valence-electron chi connectivity index (χ2n) is 5.35. The average molecular weight is 306 g/mol. The smallest absolute Gasteiger partial charge is 0.161 e. The molecule has 0 radical (unpaired) electrons. The first kappa shape index (κ1) is 14.0. The largest absolute Gasteiger partial charge is 0.504 e. The zero-order valence-corrected chi connectivity index (χ0v) is 12.1. The third-order valence-corrected chi connectivity index (χ3v) is 4.21. The van der Waals surface area contributed by atoms with Gasteiger partial charge in [-0.3, -0.25) is 0 Å². The van der Waals surface area contributed by atoms with Crippen LogP contribution in [0.5, 0.6) is 17.2 Å². The number of phenols is 2. The highest BCUT2D eigenvalue weighted by atomic mass is 35.5. The van der Waals surface area contributed by atoms with Gasteiger partial charge in [0, 0.05) is 24.1 Å². The summed E-state index contributed by atoms with van der Waals surface area (Å²) in [4.78, 5) is 0. The van der Waals surface area contributed by atoms with Gasteiger partial charge in [-0.1, -0.05) is 24.3 Å². The molecule has 0 saturated carbocycles. The van der Waals surface area contributed by atoms with Crippen LogP contribution in [0.25, 0.3) is 0 Å². The van der Waals surface area contributed by atoms with Crippen LogP contribution in [0.3, 0.4) is 0 Å². The summed E-state index contributed by atoms with van der Waals surface area (Å²) in [6, 6.07) is 11.6. The number of hydrogen-bond acceptors (Lipinski definition) is 4. The summed E-state index contributed by atoms with van der Waals surface area (Å²) >= 11 is 0. The number of aromatic hydroxyl groups is 2. The first-order valence-corrected chi connectivity index (χ1v) is 6.74. The highest BCUT2D eigenvalue weighted by Crippen LogP contribution is 2.45. The van der Waals surface area contributed by atoms with Crippen LogP contribution in [0.1, 0.15) is 22.6 Å². The number of hydrogen-bond donors (Lipinski definition) is 3. The van der Waals surface area contributed by atoms with Crippen molar-refractivity contribution in [2.45, 2.75) is 18.5 Å². The van der Waals surface area contributed by atoms with Gasteiger partial charge in [0.05, 0.1) is 6.04 Å². The van der Waals surface area contributed by atoms with E-state index in [0.29, 0.717) is 12.4 Å². The number of phenolic OH excluding ortho intramolecular Hbond substituents is 2.